The van der Waals surface area contributed by atoms with Gasteiger partial charge in [-0.1, -0.05) is 18.2 Å². The molecule has 0 atom stereocenters. The van der Waals surface area contributed by atoms with Gasteiger partial charge in [0.25, 0.3) is 0 Å². The molecule has 0 fully saturated rings. The number of aromatic amines is 1. The summed E-state index contributed by atoms with van der Waals surface area (Å²) in [5.74, 6) is -0.0846. The Bertz CT molecular complexity index is 604. The first-order chi connectivity index (χ1) is 9.66. The number of carbonyl (C=O) groups excluding carboxylic acids is 2. The summed E-state index contributed by atoms with van der Waals surface area (Å²) in [6.07, 6.45) is 3.10. The summed E-state index contributed by atoms with van der Waals surface area (Å²) in [6, 6.07) is 8.05. The Morgan fingerprint density at radius 1 is 1.15 bits per heavy atom. The number of fused-ring (bicyclic) bond motifs is 1. The fraction of sp³-hybridized carbons (Fsp3) is 0.333. The van der Waals surface area contributed by atoms with Crippen LogP contribution in [0.4, 0.5) is 0 Å². The van der Waals surface area contributed by atoms with E-state index >= 15 is 0 Å². The molecule has 1 aromatic heterocycles. The third-order valence-corrected chi connectivity index (χ3v) is 3.12. The van der Waals surface area contributed by atoms with Gasteiger partial charge in [0, 0.05) is 43.5 Å². The van der Waals surface area contributed by atoms with Crippen LogP contribution in [-0.2, 0) is 16.0 Å². The molecule has 0 spiro atoms. The summed E-state index contributed by atoms with van der Waals surface area (Å²) in [4.78, 5) is 25.5. The van der Waals surface area contributed by atoms with Crippen molar-refractivity contribution in [2.24, 2.45) is 0 Å². The van der Waals surface area contributed by atoms with Crippen molar-refractivity contribution >= 4 is 22.7 Å². The number of carbonyl (C=O) groups is 2. The molecule has 106 valence electrons. The molecule has 0 bridgehead atoms. The number of aryl methyl sites for hydroxylation is 1. The number of para-hydroxylation sites is 1. The highest BCUT2D eigenvalue weighted by molar-refractivity contribution is 5.84. The average molecular weight is 273 g/mol. The van der Waals surface area contributed by atoms with Crippen LogP contribution in [0.15, 0.2) is 30.5 Å². The molecule has 5 heteroatoms. The third kappa shape index (κ3) is 3.85. The summed E-state index contributed by atoms with van der Waals surface area (Å²) in [5, 5.41) is 6.59. The van der Waals surface area contributed by atoms with Crippen LogP contribution in [-0.4, -0.2) is 29.9 Å². The molecule has 0 saturated carbocycles. The monoisotopic (exact) mass is 273 g/mol. The fourth-order valence-corrected chi connectivity index (χ4v) is 2.12. The maximum absolute atomic E-state index is 11.7. The Labute approximate surface area is 117 Å². The van der Waals surface area contributed by atoms with Crippen molar-refractivity contribution in [3.8, 4) is 0 Å². The SMILES string of the molecule is CC(=O)NCCNC(=O)CCc1c[nH]c2ccccc12. The highest BCUT2D eigenvalue weighted by Gasteiger charge is 2.06. The molecule has 2 amide bonds. The van der Waals surface area contributed by atoms with Crippen molar-refractivity contribution < 1.29 is 9.59 Å². The van der Waals surface area contributed by atoms with Gasteiger partial charge < -0.3 is 15.6 Å². The molecular formula is C15H19N3O2. The van der Waals surface area contributed by atoms with Gasteiger partial charge in [0.05, 0.1) is 0 Å². The molecule has 0 radical (unpaired) electrons. The van der Waals surface area contributed by atoms with E-state index < -0.39 is 0 Å². The number of hydrogen-bond donors (Lipinski definition) is 3. The molecule has 3 N–H and O–H groups in total. The maximum atomic E-state index is 11.7. The van der Waals surface area contributed by atoms with Crippen LogP contribution in [0, 0.1) is 0 Å². The minimum absolute atomic E-state index is 0.000586. The summed E-state index contributed by atoms with van der Waals surface area (Å²) >= 11 is 0. The lowest BCUT2D eigenvalue weighted by atomic mass is 10.1. The van der Waals surface area contributed by atoms with Gasteiger partial charge in [-0.05, 0) is 18.1 Å². The average Bonchev–Trinajstić information content (AvgIpc) is 2.84. The number of benzene rings is 1. The first kappa shape index (κ1) is 14.1. The zero-order chi connectivity index (χ0) is 14.4. The summed E-state index contributed by atoms with van der Waals surface area (Å²) in [7, 11) is 0. The Morgan fingerprint density at radius 3 is 2.70 bits per heavy atom. The fourth-order valence-electron chi connectivity index (χ4n) is 2.12. The van der Waals surface area contributed by atoms with Gasteiger partial charge in [-0.3, -0.25) is 9.59 Å². The van der Waals surface area contributed by atoms with Gasteiger partial charge in [0.15, 0.2) is 0 Å². The minimum Gasteiger partial charge on any atom is -0.361 e. The van der Waals surface area contributed by atoms with Crippen LogP contribution in [0.1, 0.15) is 18.9 Å². The van der Waals surface area contributed by atoms with E-state index in [0.717, 1.165) is 11.1 Å². The van der Waals surface area contributed by atoms with Crippen LogP contribution < -0.4 is 10.6 Å². The predicted octanol–water partition coefficient (Wildman–Crippen LogP) is 1.35. The number of aromatic nitrogens is 1. The number of hydrogen-bond acceptors (Lipinski definition) is 2. The Kier molecular flexibility index (Phi) is 4.76. The van der Waals surface area contributed by atoms with Gasteiger partial charge in [-0.15, -0.1) is 0 Å². The lowest BCUT2D eigenvalue weighted by Crippen LogP contribution is -2.33. The van der Waals surface area contributed by atoms with Gasteiger partial charge in [0.1, 0.15) is 0 Å². The van der Waals surface area contributed by atoms with E-state index in [9.17, 15) is 9.59 Å². The Hall–Kier alpha value is -2.30. The van der Waals surface area contributed by atoms with Crippen LogP contribution in [0.2, 0.25) is 0 Å². The normalized spacial score (nSPS) is 10.4. The molecule has 5 nitrogen and oxygen atoms in total. The molecular weight excluding hydrogens is 254 g/mol. The van der Waals surface area contributed by atoms with E-state index in [2.05, 4.69) is 21.7 Å². The van der Waals surface area contributed by atoms with Crippen LogP contribution in [0.5, 0.6) is 0 Å². The summed E-state index contributed by atoms with van der Waals surface area (Å²) in [6.45, 7) is 2.39. The molecule has 1 aromatic carbocycles. The number of rotatable bonds is 6. The molecule has 0 aliphatic carbocycles. The maximum Gasteiger partial charge on any atom is 0.220 e. The second-order valence-electron chi connectivity index (χ2n) is 4.69. The Balaban J connectivity index is 1.77. The lowest BCUT2D eigenvalue weighted by Gasteiger charge is -2.05. The zero-order valence-electron chi connectivity index (χ0n) is 11.5. The van der Waals surface area contributed by atoms with Crippen molar-refractivity contribution in [3.63, 3.8) is 0 Å². The number of nitrogens with one attached hydrogen (secondary N) is 3. The Morgan fingerprint density at radius 2 is 1.90 bits per heavy atom. The molecule has 2 rings (SSSR count). The van der Waals surface area contributed by atoms with Gasteiger partial charge in [0.2, 0.25) is 11.8 Å². The molecule has 2 aromatic rings. The first-order valence-corrected chi connectivity index (χ1v) is 6.73. The van der Waals surface area contributed by atoms with E-state index in [-0.39, 0.29) is 11.8 Å². The van der Waals surface area contributed by atoms with Gasteiger partial charge in [-0.25, -0.2) is 0 Å². The van der Waals surface area contributed by atoms with Crippen molar-refractivity contribution in [2.45, 2.75) is 19.8 Å². The molecule has 1 heterocycles. The minimum atomic E-state index is -0.0851. The van der Waals surface area contributed by atoms with E-state index in [4.69, 9.17) is 0 Å². The van der Waals surface area contributed by atoms with Crippen molar-refractivity contribution in [3.05, 3.63) is 36.0 Å². The number of amides is 2. The summed E-state index contributed by atoms with van der Waals surface area (Å²) in [5.41, 5.74) is 2.24. The lowest BCUT2D eigenvalue weighted by molar-refractivity contribution is -0.122. The largest absolute Gasteiger partial charge is 0.361 e. The predicted molar refractivity (Wildman–Crippen MR) is 78.3 cm³/mol. The first-order valence-electron chi connectivity index (χ1n) is 6.73. The molecule has 0 saturated heterocycles. The molecule has 0 aliphatic heterocycles. The molecule has 20 heavy (non-hydrogen) atoms. The zero-order valence-corrected chi connectivity index (χ0v) is 11.5. The topological polar surface area (TPSA) is 74.0 Å². The van der Waals surface area contributed by atoms with E-state index in [1.54, 1.807) is 0 Å². The van der Waals surface area contributed by atoms with Crippen LogP contribution in [0.25, 0.3) is 10.9 Å². The van der Waals surface area contributed by atoms with Crippen LogP contribution >= 0.6 is 0 Å². The number of H-pyrrole nitrogens is 1. The molecule has 0 aliphatic rings. The van der Waals surface area contributed by atoms with E-state index in [1.807, 2.05) is 24.4 Å². The third-order valence-electron chi connectivity index (χ3n) is 3.12. The quantitative estimate of drug-likeness (QED) is 0.695. The second-order valence-corrected chi connectivity index (χ2v) is 4.69. The van der Waals surface area contributed by atoms with Crippen molar-refractivity contribution in [2.75, 3.05) is 13.1 Å². The smallest absolute Gasteiger partial charge is 0.220 e. The second kappa shape index (κ2) is 6.75. The van der Waals surface area contributed by atoms with Crippen molar-refractivity contribution in [1.29, 1.82) is 0 Å². The van der Waals surface area contributed by atoms with Crippen LogP contribution in [0.3, 0.4) is 0 Å². The van der Waals surface area contributed by atoms with E-state index in [1.165, 1.54) is 12.3 Å². The van der Waals surface area contributed by atoms with Crippen molar-refractivity contribution in [1.82, 2.24) is 15.6 Å². The van der Waals surface area contributed by atoms with Gasteiger partial charge >= 0.3 is 0 Å². The molecule has 0 unspecified atom stereocenters. The standard InChI is InChI=1S/C15H19N3O2/c1-11(19)16-8-9-17-15(20)7-6-12-10-18-14-5-3-2-4-13(12)14/h2-5,10,18H,6-9H2,1H3,(H,16,19)(H,17,20). The summed E-state index contributed by atoms with van der Waals surface area (Å²) < 4.78 is 0. The van der Waals surface area contributed by atoms with E-state index in [0.29, 0.717) is 25.9 Å². The highest BCUT2D eigenvalue weighted by atomic mass is 16.2. The van der Waals surface area contributed by atoms with Gasteiger partial charge in [-0.2, -0.15) is 0 Å². The highest BCUT2D eigenvalue weighted by Crippen LogP contribution is 2.18.